The van der Waals surface area contributed by atoms with E-state index >= 15 is 0 Å². The van der Waals surface area contributed by atoms with Crippen molar-refractivity contribution in [1.82, 2.24) is 4.31 Å². The number of nitrogens with zero attached hydrogens (tertiary/aromatic N) is 2. The maximum atomic E-state index is 13.1. The van der Waals surface area contributed by atoms with Crippen LogP contribution in [0.25, 0.3) is 0 Å². The van der Waals surface area contributed by atoms with Gasteiger partial charge in [-0.3, -0.25) is 14.8 Å². The van der Waals surface area contributed by atoms with Gasteiger partial charge in [-0.1, -0.05) is 13.8 Å². The van der Waals surface area contributed by atoms with Crippen LogP contribution in [0.3, 0.4) is 0 Å². The molecule has 0 bridgehead atoms. The van der Waals surface area contributed by atoms with Crippen LogP contribution in [0.5, 0.6) is 5.75 Å². The van der Waals surface area contributed by atoms with Crippen molar-refractivity contribution in [2.45, 2.75) is 44.4 Å². The quantitative estimate of drug-likeness (QED) is 0.402. The summed E-state index contributed by atoms with van der Waals surface area (Å²) in [5.41, 5.74) is 0.425. The predicted octanol–water partition coefficient (Wildman–Crippen LogP) is 3.44. The first-order chi connectivity index (χ1) is 14.9. The SMILES string of the molecule is CCOc1ccc(NS(=O)(=O)c2cc([N+](=O)[O-])cc(C)c2C)cc1S(=O)(=O)N(CC)CC. The number of aryl methyl sites for hydroxylation is 1. The van der Waals surface area contributed by atoms with E-state index in [1.54, 1.807) is 34.6 Å². The number of nitro benzene ring substituents is 1. The zero-order chi connectivity index (χ0) is 24.3. The Kier molecular flexibility index (Phi) is 7.86. The highest BCUT2D eigenvalue weighted by molar-refractivity contribution is 7.92. The molecule has 2 aromatic rings. The molecule has 1 N–H and O–H groups in total. The zero-order valence-electron chi connectivity index (χ0n) is 18.6. The lowest BCUT2D eigenvalue weighted by Crippen LogP contribution is -2.31. The van der Waals surface area contributed by atoms with Gasteiger partial charge < -0.3 is 4.74 Å². The zero-order valence-corrected chi connectivity index (χ0v) is 20.2. The van der Waals surface area contributed by atoms with Crippen LogP contribution >= 0.6 is 0 Å². The number of rotatable bonds is 10. The Bertz CT molecular complexity index is 1220. The van der Waals surface area contributed by atoms with Gasteiger partial charge in [-0.25, -0.2) is 16.8 Å². The summed E-state index contributed by atoms with van der Waals surface area (Å²) in [6.45, 7) is 8.90. The molecule has 0 aliphatic rings. The van der Waals surface area contributed by atoms with Crippen molar-refractivity contribution < 1.29 is 26.5 Å². The normalized spacial score (nSPS) is 12.1. The lowest BCUT2D eigenvalue weighted by Gasteiger charge is -2.21. The summed E-state index contributed by atoms with van der Waals surface area (Å²) in [4.78, 5) is 10.1. The Labute approximate surface area is 188 Å². The first kappa shape index (κ1) is 25.6. The summed E-state index contributed by atoms with van der Waals surface area (Å²) < 4.78 is 61.3. The molecular weight excluding hydrogens is 458 g/mol. The minimum absolute atomic E-state index is 0.0113. The standard InChI is InChI=1S/C20H27N3O7S2/c1-6-22(7-2)32(28,29)20-12-16(9-10-18(20)30-8-3)21-31(26,27)19-13-17(23(24)25)11-14(4)15(19)5/h9-13,21H,6-8H2,1-5H3. The Hall–Kier alpha value is -2.70. The van der Waals surface area contributed by atoms with Crippen LogP contribution in [0.1, 0.15) is 31.9 Å². The minimum atomic E-state index is -4.24. The smallest absolute Gasteiger partial charge is 0.271 e. The van der Waals surface area contributed by atoms with Crippen molar-refractivity contribution >= 4 is 31.4 Å². The lowest BCUT2D eigenvalue weighted by molar-refractivity contribution is -0.385. The van der Waals surface area contributed by atoms with Crippen LogP contribution in [0.4, 0.5) is 11.4 Å². The van der Waals surface area contributed by atoms with E-state index in [1.165, 1.54) is 28.6 Å². The fourth-order valence-corrected chi connectivity index (χ4v) is 6.16. The highest BCUT2D eigenvalue weighted by Gasteiger charge is 2.28. The van der Waals surface area contributed by atoms with E-state index in [1.807, 2.05) is 0 Å². The number of non-ortho nitro benzene ring substituents is 1. The van der Waals surface area contributed by atoms with Crippen LogP contribution in [-0.2, 0) is 20.0 Å². The molecule has 0 saturated carbocycles. The summed E-state index contributed by atoms with van der Waals surface area (Å²) in [6, 6.07) is 6.22. The third kappa shape index (κ3) is 5.19. The predicted molar refractivity (Wildman–Crippen MR) is 121 cm³/mol. The van der Waals surface area contributed by atoms with Crippen molar-refractivity contribution in [3.8, 4) is 5.75 Å². The second-order valence-electron chi connectivity index (χ2n) is 6.93. The van der Waals surface area contributed by atoms with Gasteiger partial charge in [-0.05, 0) is 50.1 Å². The molecule has 0 saturated heterocycles. The molecule has 0 fully saturated rings. The number of anilines is 1. The molecule has 0 atom stereocenters. The molecule has 176 valence electrons. The van der Waals surface area contributed by atoms with Crippen molar-refractivity contribution in [3.05, 3.63) is 51.6 Å². The summed E-state index contributed by atoms with van der Waals surface area (Å²) in [5.74, 6) is 0.102. The van der Waals surface area contributed by atoms with Crippen molar-refractivity contribution in [1.29, 1.82) is 0 Å². The number of hydrogen-bond donors (Lipinski definition) is 1. The minimum Gasteiger partial charge on any atom is -0.492 e. The molecule has 0 aromatic heterocycles. The second-order valence-corrected chi connectivity index (χ2v) is 10.5. The number of benzene rings is 2. The van der Waals surface area contributed by atoms with Gasteiger partial charge in [0.25, 0.3) is 15.7 Å². The number of nitrogens with one attached hydrogen (secondary N) is 1. The van der Waals surface area contributed by atoms with Gasteiger partial charge in [-0.15, -0.1) is 0 Å². The van der Waals surface area contributed by atoms with Crippen LogP contribution < -0.4 is 9.46 Å². The number of ether oxygens (including phenoxy) is 1. The van der Waals surface area contributed by atoms with Crippen molar-refractivity contribution in [2.75, 3.05) is 24.4 Å². The Balaban J connectivity index is 2.60. The summed E-state index contributed by atoms with van der Waals surface area (Å²) in [5, 5.41) is 11.2. The topological polar surface area (TPSA) is 136 Å². The largest absolute Gasteiger partial charge is 0.492 e. The third-order valence-corrected chi connectivity index (χ3v) is 8.50. The molecule has 0 unspecified atom stereocenters. The van der Waals surface area contributed by atoms with E-state index in [0.717, 1.165) is 6.07 Å². The molecule has 0 aliphatic heterocycles. The molecule has 12 heteroatoms. The lowest BCUT2D eigenvalue weighted by atomic mass is 10.1. The molecule has 0 spiro atoms. The Morgan fingerprint density at radius 2 is 1.62 bits per heavy atom. The fourth-order valence-electron chi connectivity index (χ4n) is 3.15. The van der Waals surface area contributed by atoms with E-state index in [9.17, 15) is 26.9 Å². The average Bonchev–Trinajstić information content (AvgIpc) is 2.71. The van der Waals surface area contributed by atoms with Gasteiger partial charge in [0.05, 0.1) is 22.1 Å². The fraction of sp³-hybridized carbons (Fsp3) is 0.400. The van der Waals surface area contributed by atoms with Gasteiger partial charge in [0.15, 0.2) is 0 Å². The van der Waals surface area contributed by atoms with Gasteiger partial charge >= 0.3 is 0 Å². The van der Waals surface area contributed by atoms with Gasteiger partial charge in [0.1, 0.15) is 10.6 Å². The molecule has 0 radical (unpaired) electrons. The van der Waals surface area contributed by atoms with E-state index < -0.39 is 25.0 Å². The number of nitro groups is 1. The third-order valence-electron chi connectivity index (χ3n) is 4.92. The van der Waals surface area contributed by atoms with E-state index in [4.69, 9.17) is 4.74 Å². The van der Waals surface area contributed by atoms with E-state index in [0.29, 0.717) is 11.1 Å². The van der Waals surface area contributed by atoms with E-state index in [2.05, 4.69) is 4.72 Å². The molecule has 0 amide bonds. The molecule has 0 aliphatic carbocycles. The maximum Gasteiger partial charge on any atom is 0.271 e. The van der Waals surface area contributed by atoms with Crippen LogP contribution in [0, 0.1) is 24.0 Å². The average molecular weight is 486 g/mol. The molecule has 2 rings (SSSR count). The first-order valence-corrected chi connectivity index (χ1v) is 12.9. The Morgan fingerprint density at radius 1 is 1.00 bits per heavy atom. The van der Waals surface area contributed by atoms with Gasteiger partial charge in [0, 0.05) is 25.2 Å². The molecule has 32 heavy (non-hydrogen) atoms. The van der Waals surface area contributed by atoms with Crippen LogP contribution in [0.2, 0.25) is 0 Å². The first-order valence-electron chi connectivity index (χ1n) is 9.94. The van der Waals surface area contributed by atoms with Crippen molar-refractivity contribution in [2.24, 2.45) is 0 Å². The highest BCUT2D eigenvalue weighted by Crippen LogP contribution is 2.32. The highest BCUT2D eigenvalue weighted by atomic mass is 32.2. The Morgan fingerprint density at radius 3 is 2.16 bits per heavy atom. The summed E-state index contributed by atoms with van der Waals surface area (Å²) >= 11 is 0. The van der Waals surface area contributed by atoms with Gasteiger partial charge in [-0.2, -0.15) is 4.31 Å². The molecule has 0 heterocycles. The molecular formula is C20H27N3O7S2. The maximum absolute atomic E-state index is 13.1. The summed E-state index contributed by atoms with van der Waals surface area (Å²) in [6.07, 6.45) is 0. The second kappa shape index (κ2) is 9.84. The van der Waals surface area contributed by atoms with Crippen LogP contribution in [0.15, 0.2) is 40.1 Å². The van der Waals surface area contributed by atoms with E-state index in [-0.39, 0.29) is 46.6 Å². The molecule has 2 aromatic carbocycles. The van der Waals surface area contributed by atoms with Crippen molar-refractivity contribution in [3.63, 3.8) is 0 Å². The number of hydrogen-bond acceptors (Lipinski definition) is 7. The monoisotopic (exact) mass is 485 g/mol. The van der Waals surface area contributed by atoms with Gasteiger partial charge in [0.2, 0.25) is 10.0 Å². The molecule has 10 nitrogen and oxygen atoms in total. The van der Waals surface area contributed by atoms with Crippen LogP contribution in [-0.4, -0.2) is 45.8 Å². The summed E-state index contributed by atoms with van der Waals surface area (Å²) in [7, 11) is -8.19. The number of sulfonamides is 2.